The normalized spacial score (nSPS) is 15.6. The van der Waals surface area contributed by atoms with Gasteiger partial charge in [-0.05, 0) is 79.3 Å². The summed E-state index contributed by atoms with van der Waals surface area (Å²) in [6, 6.07) is 5.91. The smallest absolute Gasteiger partial charge is 0.376 e. The number of carbonyl (C=O) groups is 2. The van der Waals surface area contributed by atoms with Gasteiger partial charge in [0, 0.05) is 12.6 Å². The van der Waals surface area contributed by atoms with Crippen LogP contribution in [-0.2, 0) is 41.6 Å². The summed E-state index contributed by atoms with van der Waals surface area (Å²) in [6.07, 6.45) is 8.15. The highest BCUT2D eigenvalue weighted by atomic mass is 16.6. The van der Waals surface area contributed by atoms with Crippen LogP contribution in [0.1, 0.15) is 54.1 Å². The number of rotatable bonds is 5. The summed E-state index contributed by atoms with van der Waals surface area (Å²) in [5.41, 5.74) is 6.70. The molecule has 0 fully saturated rings. The van der Waals surface area contributed by atoms with E-state index in [1.54, 1.807) is 12.3 Å². The SMILES string of the molecule is CCC(Cc1cccnn1)C(=O)OC(=O)Nc1c2c(cc3c1CCC3)CCC2. The fraction of sp³-hybridized carbons (Fsp3) is 0.455. The van der Waals surface area contributed by atoms with Gasteiger partial charge in [-0.3, -0.25) is 10.1 Å². The highest BCUT2D eigenvalue weighted by Gasteiger charge is 2.27. The van der Waals surface area contributed by atoms with Gasteiger partial charge in [0.2, 0.25) is 0 Å². The van der Waals surface area contributed by atoms with Crippen LogP contribution in [0.25, 0.3) is 0 Å². The zero-order chi connectivity index (χ0) is 19.5. The number of carbonyl (C=O) groups excluding carboxylic acids is 2. The molecule has 2 aromatic rings. The molecule has 1 amide bonds. The lowest BCUT2D eigenvalue weighted by Crippen LogP contribution is -2.26. The third kappa shape index (κ3) is 3.77. The van der Waals surface area contributed by atoms with Gasteiger partial charge < -0.3 is 4.74 Å². The number of anilines is 1. The Morgan fingerprint density at radius 3 is 2.46 bits per heavy atom. The number of nitrogens with zero attached hydrogens (tertiary/aromatic N) is 2. The summed E-state index contributed by atoms with van der Waals surface area (Å²) in [5, 5.41) is 10.8. The van der Waals surface area contributed by atoms with E-state index in [2.05, 4.69) is 21.6 Å². The molecule has 6 heteroatoms. The molecule has 6 nitrogen and oxygen atoms in total. The number of benzene rings is 1. The van der Waals surface area contributed by atoms with Crippen molar-refractivity contribution in [2.24, 2.45) is 5.92 Å². The number of ether oxygens (including phenoxy) is 1. The minimum Gasteiger partial charge on any atom is -0.376 e. The molecule has 0 bridgehead atoms. The van der Waals surface area contributed by atoms with Crippen LogP contribution in [0.3, 0.4) is 0 Å². The monoisotopic (exact) mass is 379 g/mol. The first-order valence-electron chi connectivity index (χ1n) is 10.1. The van der Waals surface area contributed by atoms with Gasteiger partial charge in [0.25, 0.3) is 0 Å². The molecule has 1 unspecified atom stereocenters. The molecule has 0 saturated heterocycles. The van der Waals surface area contributed by atoms with Crippen LogP contribution >= 0.6 is 0 Å². The van der Waals surface area contributed by atoms with Gasteiger partial charge in [0.15, 0.2) is 0 Å². The molecule has 0 radical (unpaired) electrons. The number of aromatic nitrogens is 2. The van der Waals surface area contributed by atoms with Crippen molar-refractivity contribution in [3.8, 4) is 0 Å². The second-order valence-corrected chi connectivity index (χ2v) is 7.59. The molecule has 28 heavy (non-hydrogen) atoms. The van der Waals surface area contributed by atoms with Gasteiger partial charge in [-0.25, -0.2) is 4.79 Å². The second-order valence-electron chi connectivity index (χ2n) is 7.59. The lowest BCUT2D eigenvalue weighted by molar-refractivity contribution is -0.141. The van der Waals surface area contributed by atoms with E-state index in [4.69, 9.17) is 4.74 Å². The van der Waals surface area contributed by atoms with Gasteiger partial charge in [-0.15, -0.1) is 0 Å². The Balaban J connectivity index is 1.45. The van der Waals surface area contributed by atoms with E-state index in [0.717, 1.165) is 44.2 Å². The van der Waals surface area contributed by atoms with Crippen molar-refractivity contribution in [3.63, 3.8) is 0 Å². The first-order valence-corrected chi connectivity index (χ1v) is 10.1. The average molecular weight is 379 g/mol. The number of amides is 1. The number of esters is 1. The molecule has 1 heterocycles. The van der Waals surface area contributed by atoms with Crippen LogP contribution in [0, 0.1) is 5.92 Å². The lowest BCUT2D eigenvalue weighted by Gasteiger charge is -2.17. The standard InChI is InChI=1S/C22H25N3O3/c1-2-14(13-17-8-5-11-23-25-17)21(26)28-22(27)24-20-18-9-3-6-15(18)12-16-7-4-10-19(16)20/h5,8,11-12,14H,2-4,6-7,9-10,13H2,1H3,(H,24,27). The minimum atomic E-state index is -0.683. The maximum atomic E-state index is 12.5. The van der Waals surface area contributed by atoms with E-state index in [9.17, 15) is 9.59 Å². The van der Waals surface area contributed by atoms with E-state index < -0.39 is 18.0 Å². The maximum absolute atomic E-state index is 12.5. The molecule has 1 N–H and O–H groups in total. The van der Waals surface area contributed by atoms with Crippen LogP contribution in [-0.4, -0.2) is 22.3 Å². The van der Waals surface area contributed by atoms with Crippen molar-refractivity contribution in [1.82, 2.24) is 10.2 Å². The highest BCUT2D eigenvalue weighted by molar-refractivity contribution is 5.95. The van der Waals surface area contributed by atoms with Crippen molar-refractivity contribution in [2.45, 2.75) is 58.3 Å². The molecule has 0 spiro atoms. The van der Waals surface area contributed by atoms with Crippen LogP contribution in [0.2, 0.25) is 0 Å². The third-order valence-electron chi connectivity index (χ3n) is 5.80. The van der Waals surface area contributed by atoms with Gasteiger partial charge in [0.1, 0.15) is 0 Å². The number of aryl methyl sites for hydroxylation is 2. The third-order valence-corrected chi connectivity index (χ3v) is 5.80. The Morgan fingerprint density at radius 2 is 1.86 bits per heavy atom. The predicted molar refractivity (Wildman–Crippen MR) is 105 cm³/mol. The average Bonchev–Trinajstić information content (AvgIpc) is 3.35. The molecule has 4 rings (SSSR count). The summed E-state index contributed by atoms with van der Waals surface area (Å²) < 4.78 is 5.16. The fourth-order valence-corrected chi connectivity index (χ4v) is 4.36. The minimum absolute atomic E-state index is 0.409. The number of hydrogen-bond donors (Lipinski definition) is 1. The Labute approximate surface area is 164 Å². The Hall–Kier alpha value is -2.76. The van der Waals surface area contributed by atoms with Gasteiger partial charge in [-0.1, -0.05) is 13.0 Å². The molecular formula is C22H25N3O3. The summed E-state index contributed by atoms with van der Waals surface area (Å²) in [4.78, 5) is 25.0. The van der Waals surface area contributed by atoms with Crippen LogP contribution in [0.15, 0.2) is 24.4 Å². The first-order chi connectivity index (χ1) is 13.7. The summed E-state index contributed by atoms with van der Waals surface area (Å²) in [6.45, 7) is 1.90. The lowest BCUT2D eigenvalue weighted by atomic mass is 9.99. The van der Waals surface area contributed by atoms with E-state index in [1.807, 2.05) is 13.0 Å². The highest BCUT2D eigenvalue weighted by Crippen LogP contribution is 2.38. The Morgan fingerprint density at radius 1 is 1.14 bits per heavy atom. The van der Waals surface area contributed by atoms with Gasteiger partial charge >= 0.3 is 12.1 Å². The topological polar surface area (TPSA) is 81.2 Å². The largest absolute Gasteiger partial charge is 0.419 e. The van der Waals surface area contributed by atoms with E-state index in [1.165, 1.54) is 22.3 Å². The van der Waals surface area contributed by atoms with Crippen LogP contribution in [0.5, 0.6) is 0 Å². The Bertz CT molecular complexity index is 863. The maximum Gasteiger partial charge on any atom is 0.419 e. The van der Waals surface area contributed by atoms with Gasteiger partial charge in [-0.2, -0.15) is 10.2 Å². The van der Waals surface area contributed by atoms with Gasteiger partial charge in [0.05, 0.1) is 17.3 Å². The van der Waals surface area contributed by atoms with Crippen molar-refractivity contribution in [1.29, 1.82) is 0 Å². The van der Waals surface area contributed by atoms with Crippen molar-refractivity contribution >= 4 is 17.7 Å². The first kappa shape index (κ1) is 18.6. The number of fused-ring (bicyclic) bond motifs is 2. The zero-order valence-electron chi connectivity index (χ0n) is 16.2. The van der Waals surface area contributed by atoms with E-state index >= 15 is 0 Å². The molecule has 1 atom stereocenters. The summed E-state index contributed by atoms with van der Waals surface area (Å²) in [7, 11) is 0. The fourth-order valence-electron chi connectivity index (χ4n) is 4.36. The summed E-state index contributed by atoms with van der Waals surface area (Å²) in [5.74, 6) is -0.940. The molecule has 1 aromatic heterocycles. The Kier molecular flexibility index (Phi) is 5.37. The molecule has 2 aliphatic rings. The molecular weight excluding hydrogens is 354 g/mol. The molecule has 0 aliphatic heterocycles. The number of nitrogens with one attached hydrogen (secondary N) is 1. The van der Waals surface area contributed by atoms with E-state index in [0.29, 0.717) is 18.5 Å². The van der Waals surface area contributed by atoms with Crippen molar-refractivity contribution < 1.29 is 14.3 Å². The van der Waals surface area contributed by atoms with Crippen LogP contribution in [0.4, 0.5) is 10.5 Å². The van der Waals surface area contributed by atoms with E-state index in [-0.39, 0.29) is 0 Å². The predicted octanol–water partition coefficient (Wildman–Crippen LogP) is 3.80. The van der Waals surface area contributed by atoms with Crippen molar-refractivity contribution in [3.05, 3.63) is 52.3 Å². The molecule has 1 aromatic carbocycles. The second kappa shape index (κ2) is 8.09. The quantitative estimate of drug-likeness (QED) is 0.631. The number of hydrogen-bond acceptors (Lipinski definition) is 5. The summed E-state index contributed by atoms with van der Waals surface area (Å²) >= 11 is 0. The molecule has 146 valence electrons. The van der Waals surface area contributed by atoms with Crippen molar-refractivity contribution in [2.75, 3.05) is 5.32 Å². The zero-order valence-corrected chi connectivity index (χ0v) is 16.2. The molecule has 0 saturated carbocycles. The van der Waals surface area contributed by atoms with Crippen LogP contribution < -0.4 is 5.32 Å². The molecule has 2 aliphatic carbocycles.